The normalized spacial score (nSPS) is 11.2. The Labute approximate surface area is 338 Å². The third-order valence-electron chi connectivity index (χ3n) is 9.23. The van der Waals surface area contributed by atoms with Crippen LogP contribution in [-0.4, -0.2) is 30.3 Å². The van der Waals surface area contributed by atoms with Crippen molar-refractivity contribution >= 4 is 17.7 Å². The highest BCUT2D eigenvalue weighted by Crippen LogP contribution is 2.34. The Balaban J connectivity index is 1.07. The van der Waals surface area contributed by atoms with Crippen LogP contribution in [-0.2, 0) is 31.2 Å². The van der Waals surface area contributed by atoms with Gasteiger partial charge in [-0.2, -0.15) is 0 Å². The Morgan fingerprint density at radius 2 is 0.862 bits per heavy atom. The summed E-state index contributed by atoms with van der Waals surface area (Å²) < 4.78 is 24.7. The number of rotatable bonds is 21. The average molecular weight is 778 g/mol. The molecule has 0 fully saturated rings. The number of hydrogen-bond acceptors (Lipinski definition) is 7. The molecule has 0 aromatic heterocycles. The summed E-state index contributed by atoms with van der Waals surface area (Å²) in [4.78, 5) is 39.9. The number of carbonyl (C=O) groups is 3. The third-order valence-corrected chi connectivity index (χ3v) is 9.23. The maximum Gasteiger partial charge on any atom is 0.255 e. The quantitative estimate of drug-likeness (QED) is 0.0627. The number of amides is 3. The van der Waals surface area contributed by atoms with Gasteiger partial charge in [0.1, 0.15) is 32.5 Å². The smallest absolute Gasteiger partial charge is 0.255 e. The number of hydrogen-bond donors (Lipinski definition) is 3. The van der Waals surface area contributed by atoms with Crippen LogP contribution in [0, 0.1) is 0 Å². The van der Waals surface area contributed by atoms with E-state index in [1.54, 1.807) is 36.4 Å². The van der Waals surface area contributed by atoms with Gasteiger partial charge < -0.3 is 35.3 Å². The van der Waals surface area contributed by atoms with Crippen molar-refractivity contribution in [2.24, 2.45) is 5.73 Å². The minimum absolute atomic E-state index is 0.198. The van der Waals surface area contributed by atoms with Crippen molar-refractivity contribution in [2.75, 3.05) is 6.54 Å². The Morgan fingerprint density at radius 1 is 0.466 bits per heavy atom. The first kappa shape index (κ1) is 40.6. The van der Waals surface area contributed by atoms with Gasteiger partial charge in [0.05, 0.1) is 11.1 Å². The van der Waals surface area contributed by atoms with Gasteiger partial charge in [0, 0.05) is 6.54 Å². The van der Waals surface area contributed by atoms with E-state index in [2.05, 4.69) is 10.6 Å². The van der Waals surface area contributed by atoms with Crippen molar-refractivity contribution < 1.29 is 33.3 Å². The van der Waals surface area contributed by atoms with E-state index < -0.39 is 17.9 Å². The molecule has 6 rings (SSSR count). The van der Waals surface area contributed by atoms with Crippen molar-refractivity contribution in [3.8, 4) is 23.0 Å². The standard InChI is InChI=1S/C48H47N3O7/c49-46(52)41(51-48(54)40-26-16-29-43(56-32-36-19-7-2-8-20-36)45(40)58-34-38-23-11-4-12-24-38)27-13-14-30-50-47(53)39-25-15-28-42(55-31-35-17-5-1-6-18-35)44(39)57-33-37-21-9-3-10-22-37/h1-12,15-26,28-29,41H,13-14,27,30-34H2,(H2,49,52)(H,50,53)(H,51,54). The Kier molecular flexibility index (Phi) is 14.9. The van der Waals surface area contributed by atoms with Crippen LogP contribution >= 0.6 is 0 Å². The first-order chi connectivity index (χ1) is 28.4. The van der Waals surface area contributed by atoms with Crippen LogP contribution in [0.4, 0.5) is 0 Å². The van der Waals surface area contributed by atoms with Crippen molar-refractivity contribution in [3.05, 3.63) is 191 Å². The molecule has 1 atom stereocenters. The first-order valence-corrected chi connectivity index (χ1v) is 19.3. The largest absolute Gasteiger partial charge is 0.485 e. The fraction of sp³-hybridized carbons (Fsp3) is 0.188. The summed E-state index contributed by atoms with van der Waals surface area (Å²) in [5.41, 5.74) is 10.1. The molecular formula is C48H47N3O7. The van der Waals surface area contributed by atoms with Gasteiger partial charge in [-0.05, 0) is 65.8 Å². The number of carbonyl (C=O) groups excluding carboxylic acids is 3. The summed E-state index contributed by atoms with van der Waals surface area (Å²) in [5.74, 6) is -0.0818. The van der Waals surface area contributed by atoms with Crippen LogP contribution in [0.5, 0.6) is 23.0 Å². The summed E-state index contributed by atoms with van der Waals surface area (Å²) in [5, 5.41) is 5.76. The van der Waals surface area contributed by atoms with Gasteiger partial charge in [-0.25, -0.2) is 0 Å². The molecule has 0 radical (unpaired) electrons. The lowest BCUT2D eigenvalue weighted by Crippen LogP contribution is -2.44. The molecule has 0 saturated carbocycles. The highest BCUT2D eigenvalue weighted by molar-refractivity contribution is 6.00. The zero-order chi connectivity index (χ0) is 40.4. The van der Waals surface area contributed by atoms with Crippen LogP contribution in [0.15, 0.2) is 158 Å². The number of benzene rings is 6. The Bertz CT molecular complexity index is 2220. The molecule has 58 heavy (non-hydrogen) atoms. The molecular weight excluding hydrogens is 731 g/mol. The number of primary amides is 1. The third kappa shape index (κ3) is 12.0. The highest BCUT2D eigenvalue weighted by Gasteiger charge is 2.24. The number of nitrogens with two attached hydrogens (primary N) is 1. The maximum absolute atomic E-state index is 13.8. The van der Waals surface area contributed by atoms with E-state index in [4.69, 9.17) is 24.7 Å². The van der Waals surface area contributed by atoms with Gasteiger partial charge in [0.25, 0.3) is 11.8 Å². The molecule has 296 valence electrons. The summed E-state index contributed by atoms with van der Waals surface area (Å²) in [7, 11) is 0. The molecule has 4 N–H and O–H groups in total. The predicted molar refractivity (Wildman–Crippen MR) is 223 cm³/mol. The van der Waals surface area contributed by atoms with Crippen LogP contribution in [0.1, 0.15) is 62.2 Å². The molecule has 0 bridgehead atoms. The van der Waals surface area contributed by atoms with Crippen molar-refractivity contribution in [2.45, 2.75) is 51.7 Å². The van der Waals surface area contributed by atoms with E-state index >= 15 is 0 Å². The second-order valence-corrected chi connectivity index (χ2v) is 13.5. The van der Waals surface area contributed by atoms with E-state index in [9.17, 15) is 14.4 Å². The lowest BCUT2D eigenvalue weighted by Gasteiger charge is -2.19. The summed E-state index contributed by atoms with van der Waals surface area (Å²) >= 11 is 0. The molecule has 1 unspecified atom stereocenters. The van der Waals surface area contributed by atoms with Gasteiger partial charge in [0.15, 0.2) is 23.0 Å². The lowest BCUT2D eigenvalue weighted by molar-refractivity contribution is -0.120. The van der Waals surface area contributed by atoms with E-state index in [-0.39, 0.29) is 43.5 Å². The minimum atomic E-state index is -0.962. The number of unbranched alkanes of at least 4 members (excludes halogenated alkanes) is 1. The Morgan fingerprint density at radius 3 is 1.28 bits per heavy atom. The van der Waals surface area contributed by atoms with Crippen LogP contribution in [0.25, 0.3) is 0 Å². The molecule has 0 aliphatic heterocycles. The summed E-state index contributed by atoms with van der Waals surface area (Å²) in [6.45, 7) is 1.33. The van der Waals surface area contributed by atoms with E-state index in [0.717, 1.165) is 22.3 Å². The zero-order valence-electron chi connectivity index (χ0n) is 32.2. The first-order valence-electron chi connectivity index (χ1n) is 19.3. The molecule has 0 aliphatic rings. The van der Waals surface area contributed by atoms with Gasteiger partial charge in [-0.3, -0.25) is 14.4 Å². The molecule has 0 heterocycles. The fourth-order valence-corrected chi connectivity index (χ4v) is 6.14. The molecule has 3 amide bonds. The lowest BCUT2D eigenvalue weighted by atomic mass is 10.1. The molecule has 10 nitrogen and oxygen atoms in total. The van der Waals surface area contributed by atoms with E-state index in [1.807, 2.05) is 121 Å². The van der Waals surface area contributed by atoms with Crippen LogP contribution in [0.3, 0.4) is 0 Å². The van der Waals surface area contributed by atoms with Crippen molar-refractivity contribution in [1.29, 1.82) is 0 Å². The van der Waals surface area contributed by atoms with E-state index in [1.165, 1.54) is 0 Å². The van der Waals surface area contributed by atoms with Crippen molar-refractivity contribution in [1.82, 2.24) is 10.6 Å². The zero-order valence-corrected chi connectivity index (χ0v) is 32.2. The molecule has 6 aromatic rings. The van der Waals surface area contributed by atoms with Crippen LogP contribution < -0.4 is 35.3 Å². The monoisotopic (exact) mass is 777 g/mol. The molecule has 10 heteroatoms. The Hall–Kier alpha value is -7.07. The summed E-state index contributed by atoms with van der Waals surface area (Å²) in [6.07, 6.45) is 1.27. The van der Waals surface area contributed by atoms with Gasteiger partial charge >= 0.3 is 0 Å². The average Bonchev–Trinajstić information content (AvgIpc) is 3.27. The second-order valence-electron chi connectivity index (χ2n) is 13.5. The molecule has 0 saturated heterocycles. The minimum Gasteiger partial charge on any atom is -0.485 e. The van der Waals surface area contributed by atoms with E-state index in [0.29, 0.717) is 48.8 Å². The molecule has 6 aromatic carbocycles. The van der Waals surface area contributed by atoms with Crippen molar-refractivity contribution in [3.63, 3.8) is 0 Å². The SMILES string of the molecule is NC(=O)C(CCCCNC(=O)c1cccc(OCc2ccccc2)c1OCc1ccccc1)NC(=O)c1cccc(OCc2ccccc2)c1OCc1ccccc1. The van der Waals surface area contributed by atoms with Crippen LogP contribution in [0.2, 0.25) is 0 Å². The fourth-order valence-electron chi connectivity index (χ4n) is 6.14. The van der Waals surface area contributed by atoms with Gasteiger partial charge in [0.2, 0.25) is 5.91 Å². The van der Waals surface area contributed by atoms with Gasteiger partial charge in [-0.1, -0.05) is 133 Å². The summed E-state index contributed by atoms with van der Waals surface area (Å²) in [6, 6.07) is 48.1. The number of para-hydroxylation sites is 2. The second kappa shape index (κ2) is 21.3. The van der Waals surface area contributed by atoms with Gasteiger partial charge in [-0.15, -0.1) is 0 Å². The topological polar surface area (TPSA) is 138 Å². The highest BCUT2D eigenvalue weighted by atomic mass is 16.5. The number of nitrogens with one attached hydrogen (secondary N) is 2. The number of ether oxygens (including phenoxy) is 4. The predicted octanol–water partition coefficient (Wildman–Crippen LogP) is 8.19. The molecule has 0 spiro atoms. The molecule has 0 aliphatic carbocycles. The maximum atomic E-state index is 13.8.